The van der Waals surface area contributed by atoms with E-state index < -0.39 is 11.2 Å². The molecule has 17 heavy (non-hydrogen) atoms. The molecule has 1 unspecified atom stereocenters. The van der Waals surface area contributed by atoms with Gasteiger partial charge in [-0.1, -0.05) is 30.1 Å². The van der Waals surface area contributed by atoms with E-state index in [1.807, 2.05) is 6.92 Å². The largest absolute Gasteiger partial charge is 0.480 e. The van der Waals surface area contributed by atoms with E-state index in [9.17, 15) is 4.79 Å². The van der Waals surface area contributed by atoms with E-state index in [2.05, 4.69) is 4.98 Å². The smallest absolute Gasteiger partial charge is 0.316 e. The molecular weight excluding hydrogens is 281 g/mol. The minimum absolute atomic E-state index is 0.350. The molecule has 0 aliphatic carbocycles. The number of rotatable bonds is 5. The molecule has 1 N–H and O–H groups in total. The molecule has 3 nitrogen and oxygen atoms in total. The highest BCUT2D eigenvalue weighted by Crippen LogP contribution is 2.30. The van der Waals surface area contributed by atoms with Gasteiger partial charge in [0.05, 0.1) is 0 Å². The molecule has 1 atom stereocenters. The first-order valence-electron chi connectivity index (χ1n) is 5.11. The van der Waals surface area contributed by atoms with E-state index in [0.717, 1.165) is 5.69 Å². The lowest BCUT2D eigenvalue weighted by Crippen LogP contribution is -2.15. The van der Waals surface area contributed by atoms with E-state index in [1.165, 1.54) is 11.8 Å². The van der Waals surface area contributed by atoms with E-state index in [4.69, 9.17) is 28.3 Å². The Morgan fingerprint density at radius 1 is 1.59 bits per heavy atom. The number of carboxylic acids is 1. The Balaban J connectivity index is 2.79. The van der Waals surface area contributed by atoms with Gasteiger partial charge < -0.3 is 5.11 Å². The molecular formula is C11H13Cl2NO2S. The Hall–Kier alpha value is -0.450. The molecule has 1 aromatic heterocycles. The maximum absolute atomic E-state index is 10.9. The van der Waals surface area contributed by atoms with Crippen LogP contribution in [0.5, 0.6) is 0 Å². The second kappa shape index (κ2) is 6.47. The number of aliphatic carboxylic acids is 1. The first-order valence-corrected chi connectivity index (χ1v) is 6.92. The van der Waals surface area contributed by atoms with Gasteiger partial charge in [0.1, 0.15) is 10.4 Å². The van der Waals surface area contributed by atoms with Gasteiger partial charge in [0.25, 0.3) is 0 Å². The van der Waals surface area contributed by atoms with Crippen LogP contribution in [-0.4, -0.2) is 21.3 Å². The van der Waals surface area contributed by atoms with Crippen molar-refractivity contribution < 1.29 is 9.90 Å². The summed E-state index contributed by atoms with van der Waals surface area (Å²) in [5, 5.41) is 9.38. The summed E-state index contributed by atoms with van der Waals surface area (Å²) >= 11 is 13.3. The Bertz CT molecular complexity index is 403. The summed E-state index contributed by atoms with van der Waals surface area (Å²) in [4.78, 5) is 15.0. The maximum atomic E-state index is 10.9. The number of pyridine rings is 1. The monoisotopic (exact) mass is 293 g/mol. The first kappa shape index (κ1) is 14.6. The summed E-state index contributed by atoms with van der Waals surface area (Å²) in [6.07, 6.45) is 0.564. The lowest BCUT2D eigenvalue weighted by atomic mass is 10.3. The van der Waals surface area contributed by atoms with Crippen LogP contribution < -0.4 is 0 Å². The predicted octanol–water partition coefficient (Wildman–Crippen LogP) is 3.79. The van der Waals surface area contributed by atoms with Crippen LogP contribution in [-0.2, 0) is 10.5 Å². The Labute approximate surface area is 115 Å². The van der Waals surface area contributed by atoms with Gasteiger partial charge >= 0.3 is 5.97 Å². The number of hydrogen-bond acceptors (Lipinski definition) is 3. The Kier molecular flexibility index (Phi) is 5.56. The van der Waals surface area contributed by atoms with Crippen LogP contribution >= 0.6 is 35.0 Å². The zero-order chi connectivity index (χ0) is 13.0. The summed E-state index contributed by atoms with van der Waals surface area (Å²) in [6, 6.07) is 1.73. The summed E-state index contributed by atoms with van der Waals surface area (Å²) < 4.78 is 0. The number of hydrogen-bond donors (Lipinski definition) is 1. The minimum atomic E-state index is -0.815. The first-order chi connectivity index (χ1) is 7.95. The summed E-state index contributed by atoms with van der Waals surface area (Å²) in [7, 11) is 0. The number of thioether (sulfide) groups is 1. The predicted molar refractivity (Wildman–Crippen MR) is 72.0 cm³/mol. The molecule has 0 aliphatic rings. The summed E-state index contributed by atoms with van der Waals surface area (Å²) in [6.45, 7) is 3.64. The van der Waals surface area contributed by atoms with Crippen LogP contribution in [0.25, 0.3) is 0 Å². The van der Waals surface area contributed by atoms with Crippen molar-refractivity contribution in [2.24, 2.45) is 0 Å². The Morgan fingerprint density at radius 2 is 2.24 bits per heavy atom. The van der Waals surface area contributed by atoms with Gasteiger partial charge in [-0.3, -0.25) is 4.79 Å². The Morgan fingerprint density at radius 3 is 2.71 bits per heavy atom. The molecule has 0 aliphatic heterocycles. The molecule has 6 heteroatoms. The third kappa shape index (κ3) is 4.05. The average molecular weight is 294 g/mol. The molecule has 0 radical (unpaired) electrons. The van der Waals surface area contributed by atoms with Gasteiger partial charge in [-0.15, -0.1) is 11.8 Å². The van der Waals surface area contributed by atoms with Crippen molar-refractivity contribution in [1.82, 2.24) is 4.98 Å². The van der Waals surface area contributed by atoms with Crippen molar-refractivity contribution in [3.8, 4) is 0 Å². The number of halogens is 2. The van der Waals surface area contributed by atoms with Crippen molar-refractivity contribution in [3.05, 3.63) is 27.5 Å². The number of carbonyl (C=O) groups is 1. The lowest BCUT2D eigenvalue weighted by Gasteiger charge is -2.11. The molecule has 0 spiro atoms. The van der Waals surface area contributed by atoms with Crippen LogP contribution in [0, 0.1) is 6.92 Å². The van der Waals surface area contributed by atoms with Crippen molar-refractivity contribution in [2.45, 2.75) is 31.3 Å². The number of carboxylic acid groups (broad SMARTS) is 1. The molecule has 94 valence electrons. The topological polar surface area (TPSA) is 50.2 Å². The number of aromatic nitrogens is 1. The van der Waals surface area contributed by atoms with Gasteiger partial charge in [-0.25, -0.2) is 4.98 Å². The van der Waals surface area contributed by atoms with E-state index in [-0.39, 0.29) is 0 Å². The standard InChI is InChI=1S/C11H13Cl2NO2S/c1-3-9(11(15)16)17-5-7-8(12)4-6(2)14-10(7)13/h4,9H,3,5H2,1-2H3,(H,15,16). The minimum Gasteiger partial charge on any atom is -0.480 e. The van der Waals surface area contributed by atoms with Gasteiger partial charge in [0.15, 0.2) is 0 Å². The molecule has 0 amide bonds. The van der Waals surface area contributed by atoms with Crippen LogP contribution in [0.4, 0.5) is 0 Å². The van der Waals surface area contributed by atoms with Crippen molar-refractivity contribution in [2.75, 3.05) is 0 Å². The zero-order valence-corrected chi connectivity index (χ0v) is 11.9. The highest BCUT2D eigenvalue weighted by Gasteiger charge is 2.17. The highest BCUT2D eigenvalue weighted by atomic mass is 35.5. The quantitative estimate of drug-likeness (QED) is 0.839. The zero-order valence-electron chi connectivity index (χ0n) is 9.54. The van der Waals surface area contributed by atoms with Crippen LogP contribution in [0.2, 0.25) is 10.2 Å². The average Bonchev–Trinajstić information content (AvgIpc) is 2.21. The molecule has 0 saturated heterocycles. The molecule has 1 heterocycles. The number of nitrogens with zero attached hydrogens (tertiary/aromatic N) is 1. The fraction of sp³-hybridized carbons (Fsp3) is 0.455. The van der Waals surface area contributed by atoms with Gasteiger partial charge in [0.2, 0.25) is 0 Å². The SMILES string of the molecule is CCC(SCc1c(Cl)cc(C)nc1Cl)C(=O)O. The molecule has 0 fully saturated rings. The lowest BCUT2D eigenvalue weighted by molar-refractivity contribution is -0.136. The van der Waals surface area contributed by atoms with Crippen molar-refractivity contribution in [1.29, 1.82) is 0 Å². The van der Waals surface area contributed by atoms with E-state index in [0.29, 0.717) is 27.9 Å². The van der Waals surface area contributed by atoms with Crippen molar-refractivity contribution in [3.63, 3.8) is 0 Å². The second-order valence-corrected chi connectivity index (χ2v) is 5.52. The van der Waals surface area contributed by atoms with Gasteiger partial charge in [-0.05, 0) is 19.4 Å². The van der Waals surface area contributed by atoms with Gasteiger partial charge in [-0.2, -0.15) is 0 Å². The highest BCUT2D eigenvalue weighted by molar-refractivity contribution is 7.99. The summed E-state index contributed by atoms with van der Waals surface area (Å²) in [5.74, 6) is -0.361. The normalized spacial score (nSPS) is 12.5. The molecule has 1 aromatic rings. The van der Waals surface area contributed by atoms with E-state index >= 15 is 0 Å². The van der Waals surface area contributed by atoms with Crippen LogP contribution in [0.15, 0.2) is 6.07 Å². The van der Waals surface area contributed by atoms with Crippen molar-refractivity contribution >= 4 is 40.9 Å². The molecule has 0 bridgehead atoms. The maximum Gasteiger partial charge on any atom is 0.316 e. The van der Waals surface area contributed by atoms with E-state index in [1.54, 1.807) is 13.0 Å². The molecule has 0 aromatic carbocycles. The van der Waals surface area contributed by atoms with Crippen LogP contribution in [0.1, 0.15) is 24.6 Å². The summed E-state index contributed by atoms with van der Waals surface area (Å²) in [5.41, 5.74) is 1.45. The van der Waals surface area contributed by atoms with Crippen LogP contribution in [0.3, 0.4) is 0 Å². The molecule has 1 rings (SSSR count). The third-order valence-electron chi connectivity index (χ3n) is 2.22. The third-order valence-corrected chi connectivity index (χ3v) is 4.27. The van der Waals surface area contributed by atoms with Gasteiger partial charge in [0, 0.05) is 22.0 Å². The number of aryl methyl sites for hydroxylation is 1. The fourth-order valence-electron chi connectivity index (χ4n) is 1.30. The fourth-order valence-corrected chi connectivity index (χ4v) is 3.16. The second-order valence-electron chi connectivity index (χ2n) is 3.56. The molecule has 0 saturated carbocycles.